The lowest BCUT2D eigenvalue weighted by Crippen LogP contribution is -2.54. The van der Waals surface area contributed by atoms with E-state index in [2.05, 4.69) is 5.43 Å². The summed E-state index contributed by atoms with van der Waals surface area (Å²) in [5, 5.41) is 1.63. The highest BCUT2D eigenvalue weighted by Gasteiger charge is 2.42. The first-order valence-electron chi connectivity index (χ1n) is 7.95. The van der Waals surface area contributed by atoms with Gasteiger partial charge in [-0.3, -0.25) is 19.5 Å². The molecule has 0 unspecified atom stereocenters. The summed E-state index contributed by atoms with van der Waals surface area (Å²) >= 11 is 0. The lowest BCUT2D eigenvalue weighted by Gasteiger charge is -2.33. The highest BCUT2D eigenvalue weighted by Crippen LogP contribution is 2.27. The second-order valence-corrected chi connectivity index (χ2v) is 5.95. The molecule has 0 radical (unpaired) electrons. The fraction of sp³-hybridized carbons (Fsp3) is 0.412. The zero-order chi connectivity index (χ0) is 16.2. The van der Waals surface area contributed by atoms with Crippen LogP contribution in [0.5, 0.6) is 0 Å². The van der Waals surface area contributed by atoms with Gasteiger partial charge in [0.25, 0.3) is 5.91 Å². The molecular weight excluding hydrogens is 292 g/mol. The van der Waals surface area contributed by atoms with Crippen LogP contribution < -0.4 is 11.2 Å². The van der Waals surface area contributed by atoms with Crippen LogP contribution in [-0.4, -0.2) is 46.9 Å². The molecule has 3 rings (SSSR count). The van der Waals surface area contributed by atoms with Crippen LogP contribution in [0.15, 0.2) is 42.5 Å². The van der Waals surface area contributed by atoms with Crippen molar-refractivity contribution < 1.29 is 9.59 Å². The fourth-order valence-corrected chi connectivity index (χ4v) is 3.29. The summed E-state index contributed by atoms with van der Waals surface area (Å²) in [4.78, 5) is 26.5. The SMILES string of the molecule is NC(=O)[C@@H]1CC[C@H](C(=O)N2CC=CCN2)N1Cc1ccccc1. The normalized spacial score (nSPS) is 24.8. The maximum Gasteiger partial charge on any atom is 0.254 e. The van der Waals surface area contributed by atoms with Gasteiger partial charge in [0.2, 0.25) is 5.91 Å². The van der Waals surface area contributed by atoms with Crippen molar-refractivity contribution in [3.63, 3.8) is 0 Å². The number of carbonyl (C=O) groups excluding carboxylic acids is 2. The van der Waals surface area contributed by atoms with E-state index in [-0.39, 0.29) is 23.9 Å². The molecule has 0 bridgehead atoms. The molecule has 1 aromatic rings. The highest BCUT2D eigenvalue weighted by atomic mass is 16.2. The Balaban J connectivity index is 1.78. The first-order valence-corrected chi connectivity index (χ1v) is 7.95. The van der Waals surface area contributed by atoms with Crippen molar-refractivity contribution in [3.05, 3.63) is 48.0 Å². The van der Waals surface area contributed by atoms with Gasteiger partial charge in [0.15, 0.2) is 0 Å². The summed E-state index contributed by atoms with van der Waals surface area (Å²) < 4.78 is 0. The van der Waals surface area contributed by atoms with Gasteiger partial charge >= 0.3 is 0 Å². The van der Waals surface area contributed by atoms with Gasteiger partial charge in [-0.05, 0) is 18.4 Å². The lowest BCUT2D eigenvalue weighted by atomic mass is 10.1. The van der Waals surface area contributed by atoms with Crippen molar-refractivity contribution in [2.45, 2.75) is 31.5 Å². The van der Waals surface area contributed by atoms with Crippen LogP contribution >= 0.6 is 0 Å². The number of primary amides is 1. The Morgan fingerprint density at radius 2 is 1.87 bits per heavy atom. The molecule has 3 N–H and O–H groups in total. The second kappa shape index (κ2) is 6.93. The van der Waals surface area contributed by atoms with Crippen LogP contribution in [0.1, 0.15) is 18.4 Å². The molecule has 2 atom stereocenters. The molecular formula is C17H22N4O2. The predicted octanol–water partition coefficient (Wildman–Crippen LogP) is 0.408. The molecule has 23 heavy (non-hydrogen) atoms. The smallest absolute Gasteiger partial charge is 0.254 e. The minimum absolute atomic E-state index is 0.00836. The molecule has 2 amide bonds. The number of likely N-dealkylation sites (tertiary alicyclic amines) is 1. The molecule has 1 saturated heterocycles. The van der Waals surface area contributed by atoms with Crippen molar-refractivity contribution in [3.8, 4) is 0 Å². The van der Waals surface area contributed by atoms with Crippen molar-refractivity contribution in [1.82, 2.24) is 15.3 Å². The molecule has 0 spiro atoms. The summed E-state index contributed by atoms with van der Waals surface area (Å²) in [6.07, 6.45) is 5.24. The lowest BCUT2D eigenvalue weighted by molar-refractivity contribution is -0.140. The molecule has 1 fully saturated rings. The van der Waals surface area contributed by atoms with Crippen molar-refractivity contribution in [2.24, 2.45) is 5.73 Å². The average molecular weight is 314 g/mol. The van der Waals surface area contributed by atoms with Crippen LogP contribution in [0.25, 0.3) is 0 Å². The van der Waals surface area contributed by atoms with E-state index in [1.54, 1.807) is 5.01 Å². The van der Waals surface area contributed by atoms with E-state index >= 15 is 0 Å². The van der Waals surface area contributed by atoms with Gasteiger partial charge in [-0.2, -0.15) is 0 Å². The number of carbonyl (C=O) groups is 2. The Bertz CT molecular complexity index is 602. The molecule has 2 heterocycles. The Hall–Kier alpha value is -2.18. The van der Waals surface area contributed by atoms with E-state index in [1.807, 2.05) is 47.4 Å². The largest absolute Gasteiger partial charge is 0.368 e. The van der Waals surface area contributed by atoms with Crippen LogP contribution in [0.2, 0.25) is 0 Å². The molecule has 6 heteroatoms. The Labute approximate surface area is 135 Å². The number of amides is 2. The predicted molar refractivity (Wildman–Crippen MR) is 86.8 cm³/mol. The van der Waals surface area contributed by atoms with E-state index in [0.717, 1.165) is 5.56 Å². The van der Waals surface area contributed by atoms with Crippen LogP contribution in [-0.2, 0) is 16.1 Å². The first-order chi connectivity index (χ1) is 11.2. The minimum Gasteiger partial charge on any atom is -0.368 e. The Morgan fingerprint density at radius 3 is 2.52 bits per heavy atom. The Kier molecular flexibility index (Phi) is 4.73. The zero-order valence-electron chi connectivity index (χ0n) is 13.0. The fourth-order valence-electron chi connectivity index (χ4n) is 3.29. The topological polar surface area (TPSA) is 78.7 Å². The molecule has 2 aliphatic heterocycles. The third-order valence-electron chi connectivity index (χ3n) is 4.46. The zero-order valence-corrected chi connectivity index (χ0v) is 13.0. The number of nitrogens with two attached hydrogens (primary N) is 1. The number of nitrogens with one attached hydrogen (secondary N) is 1. The number of hydrogen-bond donors (Lipinski definition) is 2. The third kappa shape index (κ3) is 3.43. The van der Waals surface area contributed by atoms with E-state index in [0.29, 0.717) is 32.5 Å². The molecule has 6 nitrogen and oxygen atoms in total. The monoisotopic (exact) mass is 314 g/mol. The minimum atomic E-state index is -0.385. The van der Waals surface area contributed by atoms with E-state index in [4.69, 9.17) is 5.73 Å². The van der Waals surface area contributed by atoms with Gasteiger partial charge in [-0.1, -0.05) is 42.5 Å². The molecule has 122 valence electrons. The Morgan fingerprint density at radius 1 is 1.13 bits per heavy atom. The van der Waals surface area contributed by atoms with Crippen LogP contribution in [0.4, 0.5) is 0 Å². The van der Waals surface area contributed by atoms with Gasteiger partial charge in [-0.15, -0.1) is 0 Å². The summed E-state index contributed by atoms with van der Waals surface area (Å²) in [6, 6.07) is 9.17. The van der Waals surface area contributed by atoms with Crippen molar-refractivity contribution in [1.29, 1.82) is 0 Å². The van der Waals surface area contributed by atoms with Gasteiger partial charge in [0.05, 0.1) is 18.6 Å². The molecule has 0 aliphatic carbocycles. The maximum absolute atomic E-state index is 12.8. The number of rotatable bonds is 4. The van der Waals surface area contributed by atoms with Gasteiger partial charge in [0, 0.05) is 13.1 Å². The molecule has 0 aromatic heterocycles. The van der Waals surface area contributed by atoms with Crippen LogP contribution in [0, 0.1) is 0 Å². The highest BCUT2D eigenvalue weighted by molar-refractivity contribution is 5.86. The number of hydrogen-bond acceptors (Lipinski definition) is 4. The molecule has 1 aromatic carbocycles. The first kappa shape index (κ1) is 15.7. The standard InChI is InChI=1S/C17H22N4O2/c18-16(22)14-8-9-15(17(23)21-11-5-4-10-19-21)20(14)12-13-6-2-1-3-7-13/h1-7,14-15,19H,8-12H2,(H2,18,22)/t14-,15+/m0/s1. The van der Waals surface area contributed by atoms with E-state index < -0.39 is 0 Å². The maximum atomic E-state index is 12.8. The molecule has 2 aliphatic rings. The van der Waals surface area contributed by atoms with Gasteiger partial charge in [-0.25, -0.2) is 5.43 Å². The third-order valence-corrected chi connectivity index (χ3v) is 4.46. The second-order valence-electron chi connectivity index (χ2n) is 5.95. The summed E-state index contributed by atoms with van der Waals surface area (Å²) in [7, 11) is 0. The van der Waals surface area contributed by atoms with Crippen molar-refractivity contribution >= 4 is 11.8 Å². The number of nitrogens with zero attached hydrogens (tertiary/aromatic N) is 2. The van der Waals surface area contributed by atoms with Crippen molar-refractivity contribution in [2.75, 3.05) is 13.1 Å². The summed E-state index contributed by atoms with van der Waals surface area (Å²) in [6.45, 7) is 1.75. The molecule has 0 saturated carbocycles. The van der Waals surface area contributed by atoms with E-state index in [1.165, 1.54) is 0 Å². The number of hydrazine groups is 1. The van der Waals surface area contributed by atoms with Gasteiger partial charge < -0.3 is 5.73 Å². The quantitative estimate of drug-likeness (QED) is 0.789. The van der Waals surface area contributed by atoms with Crippen LogP contribution in [0.3, 0.4) is 0 Å². The number of benzene rings is 1. The van der Waals surface area contributed by atoms with Gasteiger partial charge in [0.1, 0.15) is 0 Å². The summed E-state index contributed by atoms with van der Waals surface area (Å²) in [5.41, 5.74) is 9.70. The summed E-state index contributed by atoms with van der Waals surface area (Å²) in [5.74, 6) is -0.350. The van der Waals surface area contributed by atoms with E-state index in [9.17, 15) is 9.59 Å². The average Bonchev–Trinajstić information content (AvgIpc) is 2.99.